The molecular formula is C24H34N4O4S. The number of benzene rings is 1. The molecule has 0 bridgehead atoms. The molecule has 0 radical (unpaired) electrons. The van der Waals surface area contributed by atoms with Crippen LogP contribution >= 0.6 is 12.6 Å². The summed E-state index contributed by atoms with van der Waals surface area (Å²) in [6, 6.07) is 6.82. The summed E-state index contributed by atoms with van der Waals surface area (Å²) in [5, 5.41) is 14.8. The van der Waals surface area contributed by atoms with E-state index in [0.29, 0.717) is 12.1 Å². The first-order valence-corrected chi connectivity index (χ1v) is 11.5. The molecule has 1 aromatic carbocycles. The van der Waals surface area contributed by atoms with Gasteiger partial charge >= 0.3 is 6.09 Å². The van der Waals surface area contributed by atoms with Crippen molar-refractivity contribution >= 4 is 36.6 Å². The van der Waals surface area contributed by atoms with Gasteiger partial charge in [-0.25, -0.2) is 4.79 Å². The molecule has 180 valence electrons. The Morgan fingerprint density at radius 1 is 1.33 bits per heavy atom. The molecule has 2 N–H and O–H groups in total. The SMILES string of the molecule is C=Cc1cccc(C(C(=O)NCCCC)N(CC#N)C(=O)C(CS)NC(=O)OC(C)(C)C)c1. The Kier molecular flexibility index (Phi) is 11.5. The number of alkyl carbamates (subject to hydrolysis) is 1. The lowest BCUT2D eigenvalue weighted by atomic mass is 10.0. The molecular weight excluding hydrogens is 440 g/mol. The van der Waals surface area contributed by atoms with Crippen LogP contribution in [0.15, 0.2) is 30.8 Å². The third kappa shape index (κ3) is 9.18. The number of amides is 3. The van der Waals surface area contributed by atoms with Crippen molar-refractivity contribution in [3.8, 4) is 6.07 Å². The van der Waals surface area contributed by atoms with Crippen molar-refractivity contribution in [2.24, 2.45) is 0 Å². The molecule has 0 saturated heterocycles. The molecule has 0 spiro atoms. The lowest BCUT2D eigenvalue weighted by Gasteiger charge is -2.32. The minimum absolute atomic E-state index is 0.0448. The Bertz CT molecular complexity index is 876. The van der Waals surface area contributed by atoms with Gasteiger partial charge in [0.05, 0.1) is 6.07 Å². The van der Waals surface area contributed by atoms with Gasteiger partial charge < -0.3 is 20.3 Å². The number of nitrogens with one attached hydrogen (secondary N) is 2. The molecule has 1 aromatic rings. The maximum absolute atomic E-state index is 13.4. The zero-order chi connectivity index (χ0) is 25.0. The molecule has 0 fully saturated rings. The first kappa shape index (κ1) is 28.0. The summed E-state index contributed by atoms with van der Waals surface area (Å²) in [6.45, 7) is 10.9. The highest BCUT2D eigenvalue weighted by Gasteiger charge is 2.35. The van der Waals surface area contributed by atoms with Gasteiger partial charge in [-0.2, -0.15) is 17.9 Å². The van der Waals surface area contributed by atoms with E-state index < -0.39 is 35.6 Å². The van der Waals surface area contributed by atoms with Crippen molar-refractivity contribution in [1.82, 2.24) is 15.5 Å². The van der Waals surface area contributed by atoms with Gasteiger partial charge in [0, 0.05) is 12.3 Å². The van der Waals surface area contributed by atoms with Crippen LogP contribution in [-0.2, 0) is 14.3 Å². The molecule has 2 atom stereocenters. The molecule has 2 unspecified atom stereocenters. The fourth-order valence-electron chi connectivity index (χ4n) is 3.02. The minimum Gasteiger partial charge on any atom is -0.444 e. The highest BCUT2D eigenvalue weighted by molar-refractivity contribution is 7.80. The van der Waals surface area contributed by atoms with E-state index in [9.17, 15) is 19.6 Å². The maximum Gasteiger partial charge on any atom is 0.408 e. The molecule has 1 rings (SSSR count). The lowest BCUT2D eigenvalue weighted by Crippen LogP contribution is -2.54. The monoisotopic (exact) mass is 474 g/mol. The number of carbonyl (C=O) groups excluding carboxylic acids is 3. The van der Waals surface area contributed by atoms with Gasteiger partial charge in [-0.1, -0.05) is 44.2 Å². The molecule has 9 heteroatoms. The first-order valence-electron chi connectivity index (χ1n) is 10.9. The van der Waals surface area contributed by atoms with Crippen LogP contribution in [-0.4, -0.2) is 53.3 Å². The number of unbranched alkanes of at least 4 members (excludes halogenated alkanes) is 1. The van der Waals surface area contributed by atoms with Gasteiger partial charge in [0.25, 0.3) is 0 Å². The van der Waals surface area contributed by atoms with Gasteiger partial charge in [-0.05, 0) is 44.4 Å². The topological polar surface area (TPSA) is 112 Å². The molecule has 0 aliphatic rings. The molecule has 0 aliphatic heterocycles. The van der Waals surface area contributed by atoms with Crippen LogP contribution in [0.3, 0.4) is 0 Å². The predicted molar refractivity (Wildman–Crippen MR) is 132 cm³/mol. The summed E-state index contributed by atoms with van der Waals surface area (Å²) < 4.78 is 5.24. The van der Waals surface area contributed by atoms with Crippen molar-refractivity contribution in [3.63, 3.8) is 0 Å². The molecule has 33 heavy (non-hydrogen) atoms. The van der Waals surface area contributed by atoms with Crippen LogP contribution in [0.4, 0.5) is 4.79 Å². The largest absolute Gasteiger partial charge is 0.444 e. The van der Waals surface area contributed by atoms with E-state index in [4.69, 9.17) is 4.74 Å². The van der Waals surface area contributed by atoms with Crippen molar-refractivity contribution in [1.29, 1.82) is 5.26 Å². The van der Waals surface area contributed by atoms with Crippen LogP contribution in [0.2, 0.25) is 0 Å². The van der Waals surface area contributed by atoms with E-state index in [-0.39, 0.29) is 12.3 Å². The number of ether oxygens (including phenoxy) is 1. The van der Waals surface area contributed by atoms with E-state index in [1.807, 2.05) is 19.1 Å². The number of rotatable bonds is 11. The van der Waals surface area contributed by atoms with Gasteiger partial charge in [-0.3, -0.25) is 9.59 Å². The normalized spacial score (nSPS) is 12.6. The van der Waals surface area contributed by atoms with Crippen molar-refractivity contribution in [3.05, 3.63) is 42.0 Å². The molecule has 0 saturated carbocycles. The van der Waals surface area contributed by atoms with Crippen LogP contribution < -0.4 is 10.6 Å². The standard InChI is InChI=1S/C24H34N4O4S/c1-6-8-13-26-21(29)20(18-11-9-10-17(7-2)15-18)28(14-12-25)22(30)19(16-33)27-23(31)32-24(3,4)5/h7,9-11,15,19-20,33H,2,6,8,13-14,16H2,1,3-5H3,(H,26,29)(H,27,31). The number of hydrogen-bond donors (Lipinski definition) is 3. The summed E-state index contributed by atoms with van der Waals surface area (Å²) in [4.78, 5) is 40.0. The van der Waals surface area contributed by atoms with Crippen molar-refractivity contribution in [2.45, 2.75) is 58.2 Å². The first-order chi connectivity index (χ1) is 15.6. The highest BCUT2D eigenvalue weighted by Crippen LogP contribution is 2.24. The molecule has 3 amide bonds. The lowest BCUT2D eigenvalue weighted by molar-refractivity contribution is -0.141. The summed E-state index contributed by atoms with van der Waals surface area (Å²) >= 11 is 4.20. The van der Waals surface area contributed by atoms with E-state index >= 15 is 0 Å². The Morgan fingerprint density at radius 2 is 2.03 bits per heavy atom. The number of nitrogens with zero attached hydrogens (tertiary/aromatic N) is 2. The summed E-state index contributed by atoms with van der Waals surface area (Å²) in [6.07, 6.45) is 2.51. The average Bonchev–Trinajstić information content (AvgIpc) is 2.75. The third-order valence-corrected chi connectivity index (χ3v) is 4.91. The Labute approximate surface area is 201 Å². The third-order valence-electron chi connectivity index (χ3n) is 4.55. The van der Waals surface area contributed by atoms with E-state index in [1.54, 1.807) is 45.0 Å². The number of thiol groups is 1. The summed E-state index contributed by atoms with van der Waals surface area (Å²) in [7, 11) is 0. The quantitative estimate of drug-likeness (QED) is 0.258. The maximum atomic E-state index is 13.4. The second-order valence-electron chi connectivity index (χ2n) is 8.43. The summed E-state index contributed by atoms with van der Waals surface area (Å²) in [5.74, 6) is -1.07. The smallest absolute Gasteiger partial charge is 0.408 e. The number of nitriles is 1. The van der Waals surface area contributed by atoms with Crippen molar-refractivity contribution < 1.29 is 19.1 Å². The van der Waals surface area contributed by atoms with Crippen LogP contribution in [0.1, 0.15) is 57.7 Å². The molecule has 8 nitrogen and oxygen atoms in total. The molecule has 0 aliphatic carbocycles. The van der Waals surface area contributed by atoms with Gasteiger partial charge in [-0.15, -0.1) is 0 Å². The fourth-order valence-corrected chi connectivity index (χ4v) is 3.27. The zero-order valence-electron chi connectivity index (χ0n) is 19.8. The fraction of sp³-hybridized carbons (Fsp3) is 0.500. The van der Waals surface area contributed by atoms with Crippen LogP contribution in [0.5, 0.6) is 0 Å². The van der Waals surface area contributed by atoms with Crippen molar-refractivity contribution in [2.75, 3.05) is 18.8 Å². The zero-order valence-corrected chi connectivity index (χ0v) is 20.7. The molecule has 0 heterocycles. The minimum atomic E-state index is -1.09. The predicted octanol–water partition coefficient (Wildman–Crippen LogP) is 3.46. The Hall–Kier alpha value is -2.99. The Morgan fingerprint density at radius 3 is 2.58 bits per heavy atom. The van der Waals surface area contributed by atoms with E-state index in [0.717, 1.165) is 23.3 Å². The highest BCUT2D eigenvalue weighted by atomic mass is 32.1. The number of hydrogen-bond acceptors (Lipinski definition) is 6. The summed E-state index contributed by atoms with van der Waals surface area (Å²) in [5.41, 5.74) is 0.536. The van der Waals surface area contributed by atoms with Crippen LogP contribution in [0.25, 0.3) is 6.08 Å². The van der Waals surface area contributed by atoms with E-state index in [1.165, 1.54) is 0 Å². The number of carbonyl (C=O) groups is 3. The van der Waals surface area contributed by atoms with E-state index in [2.05, 4.69) is 29.8 Å². The Balaban J connectivity index is 3.33. The molecule has 0 aromatic heterocycles. The second-order valence-corrected chi connectivity index (χ2v) is 8.79. The van der Waals surface area contributed by atoms with Gasteiger partial charge in [0.2, 0.25) is 11.8 Å². The van der Waals surface area contributed by atoms with Crippen LogP contribution in [0, 0.1) is 11.3 Å². The average molecular weight is 475 g/mol. The second kappa shape index (κ2) is 13.5. The van der Waals surface area contributed by atoms with Gasteiger partial charge in [0.15, 0.2) is 0 Å². The van der Waals surface area contributed by atoms with Gasteiger partial charge in [0.1, 0.15) is 24.2 Å².